The molecule has 0 N–H and O–H groups in total. The maximum Gasteiger partial charge on any atom is 0.0955 e. The van der Waals surface area contributed by atoms with Crippen molar-refractivity contribution in [2.75, 3.05) is 0 Å². The fraction of sp³-hybridized carbons (Fsp3) is 0.0385. The summed E-state index contributed by atoms with van der Waals surface area (Å²) in [5.41, 5.74) is 4.64. The van der Waals surface area contributed by atoms with Gasteiger partial charge in [0.1, 0.15) is 0 Å². The Morgan fingerprint density at radius 1 is 0.607 bits per heavy atom. The minimum atomic E-state index is 1.03. The van der Waals surface area contributed by atoms with Gasteiger partial charge in [0.05, 0.1) is 17.4 Å². The van der Waals surface area contributed by atoms with E-state index >= 15 is 0 Å². The molecule has 0 saturated carbocycles. The van der Waals surface area contributed by atoms with Crippen LogP contribution in [0.25, 0.3) is 54.5 Å². The Morgan fingerprint density at radius 3 is 2.18 bits per heavy atom. The lowest BCUT2D eigenvalue weighted by molar-refractivity contribution is 0.948. The Kier molecular flexibility index (Phi) is 3.12. The third-order valence-corrected chi connectivity index (χ3v) is 5.80. The Morgan fingerprint density at radius 2 is 1.29 bits per heavy atom. The lowest BCUT2D eigenvalue weighted by Gasteiger charge is -2.10. The van der Waals surface area contributed by atoms with E-state index < -0.39 is 0 Å². The molecule has 2 heteroatoms. The van der Waals surface area contributed by atoms with Gasteiger partial charge < -0.3 is 4.57 Å². The van der Waals surface area contributed by atoms with Crippen molar-refractivity contribution in [2.45, 2.75) is 0 Å². The smallest absolute Gasteiger partial charge is 0.0955 e. The first-order valence-corrected chi connectivity index (χ1v) is 9.54. The standard InChI is InChI=1S/C26H18N2/c1-28-16-27-25-13-9-19(15-26(25)28)18-7-10-22-20(14-18)8-12-23-21-5-3-2-4-17(21)6-11-24(22)23/h2-16H,1H3. The molecule has 0 amide bonds. The second kappa shape index (κ2) is 5.67. The van der Waals surface area contributed by atoms with Crippen molar-refractivity contribution < 1.29 is 0 Å². The molecular weight excluding hydrogens is 340 g/mol. The second-order valence-electron chi connectivity index (χ2n) is 7.44. The lowest BCUT2D eigenvalue weighted by Crippen LogP contribution is -1.86. The van der Waals surface area contributed by atoms with E-state index in [1.807, 2.05) is 13.4 Å². The van der Waals surface area contributed by atoms with E-state index in [0.717, 1.165) is 11.0 Å². The third-order valence-electron chi connectivity index (χ3n) is 5.80. The molecular formula is C26H18N2. The Hall–Kier alpha value is -3.65. The maximum absolute atomic E-state index is 4.42. The number of rotatable bonds is 1. The summed E-state index contributed by atoms with van der Waals surface area (Å²) >= 11 is 0. The van der Waals surface area contributed by atoms with E-state index in [4.69, 9.17) is 0 Å². The normalized spacial score (nSPS) is 11.8. The molecule has 0 saturated heterocycles. The van der Waals surface area contributed by atoms with Gasteiger partial charge in [0, 0.05) is 7.05 Å². The first-order chi connectivity index (χ1) is 13.8. The van der Waals surface area contributed by atoms with Gasteiger partial charge in [-0.3, -0.25) is 0 Å². The molecule has 5 aromatic carbocycles. The zero-order chi connectivity index (χ0) is 18.7. The number of aromatic nitrogens is 2. The highest BCUT2D eigenvalue weighted by Gasteiger charge is 2.07. The number of nitrogens with zero attached hydrogens (tertiary/aromatic N) is 2. The van der Waals surface area contributed by atoms with Crippen molar-refractivity contribution in [3.63, 3.8) is 0 Å². The van der Waals surface area contributed by atoms with Gasteiger partial charge in [-0.1, -0.05) is 66.7 Å². The van der Waals surface area contributed by atoms with Gasteiger partial charge in [0.15, 0.2) is 0 Å². The van der Waals surface area contributed by atoms with Crippen LogP contribution in [0.5, 0.6) is 0 Å². The van der Waals surface area contributed by atoms with Crippen LogP contribution >= 0.6 is 0 Å². The molecule has 0 radical (unpaired) electrons. The zero-order valence-electron chi connectivity index (χ0n) is 15.6. The van der Waals surface area contributed by atoms with E-state index in [0.29, 0.717) is 0 Å². The molecule has 0 unspecified atom stereocenters. The number of hydrogen-bond donors (Lipinski definition) is 0. The highest BCUT2D eigenvalue weighted by molar-refractivity contribution is 6.17. The van der Waals surface area contributed by atoms with Crippen LogP contribution in [0.15, 0.2) is 91.3 Å². The van der Waals surface area contributed by atoms with Crippen molar-refractivity contribution in [2.24, 2.45) is 7.05 Å². The van der Waals surface area contributed by atoms with E-state index in [2.05, 4.69) is 94.5 Å². The molecule has 0 aliphatic rings. The van der Waals surface area contributed by atoms with Crippen LogP contribution in [-0.4, -0.2) is 9.55 Å². The average Bonchev–Trinajstić information content (AvgIpc) is 3.13. The molecule has 132 valence electrons. The highest BCUT2D eigenvalue weighted by Crippen LogP contribution is 2.33. The van der Waals surface area contributed by atoms with Gasteiger partial charge >= 0.3 is 0 Å². The van der Waals surface area contributed by atoms with Gasteiger partial charge in [-0.05, 0) is 61.6 Å². The van der Waals surface area contributed by atoms with E-state index in [1.54, 1.807) is 0 Å². The quantitative estimate of drug-likeness (QED) is 0.299. The van der Waals surface area contributed by atoms with Crippen molar-refractivity contribution in [1.29, 1.82) is 0 Å². The first kappa shape index (κ1) is 15.4. The summed E-state index contributed by atoms with van der Waals surface area (Å²) in [7, 11) is 2.04. The molecule has 28 heavy (non-hydrogen) atoms. The van der Waals surface area contributed by atoms with Crippen molar-refractivity contribution in [3.8, 4) is 11.1 Å². The summed E-state index contributed by atoms with van der Waals surface area (Å²) in [5, 5.41) is 7.79. The van der Waals surface area contributed by atoms with Crippen LogP contribution in [0.1, 0.15) is 0 Å². The molecule has 1 aromatic heterocycles. The van der Waals surface area contributed by atoms with Gasteiger partial charge in [-0.2, -0.15) is 0 Å². The van der Waals surface area contributed by atoms with Crippen LogP contribution in [-0.2, 0) is 7.05 Å². The van der Waals surface area contributed by atoms with Crippen molar-refractivity contribution >= 4 is 43.4 Å². The molecule has 0 bridgehead atoms. The summed E-state index contributed by atoms with van der Waals surface area (Å²) in [5.74, 6) is 0. The molecule has 1 heterocycles. The number of imidazole rings is 1. The van der Waals surface area contributed by atoms with E-state index in [1.165, 1.54) is 43.4 Å². The Labute approximate surface area is 162 Å². The van der Waals surface area contributed by atoms with Crippen LogP contribution < -0.4 is 0 Å². The summed E-state index contributed by atoms with van der Waals surface area (Å²) in [6, 6.07) is 30.8. The number of benzene rings is 5. The lowest BCUT2D eigenvalue weighted by atomic mass is 9.95. The molecule has 6 rings (SSSR count). The molecule has 0 fully saturated rings. The summed E-state index contributed by atoms with van der Waals surface area (Å²) in [4.78, 5) is 4.42. The molecule has 0 aliphatic carbocycles. The van der Waals surface area contributed by atoms with Gasteiger partial charge in [0.25, 0.3) is 0 Å². The minimum Gasteiger partial charge on any atom is -0.334 e. The van der Waals surface area contributed by atoms with Crippen LogP contribution in [0.2, 0.25) is 0 Å². The average molecular weight is 358 g/mol. The van der Waals surface area contributed by atoms with Crippen molar-refractivity contribution in [3.05, 3.63) is 91.3 Å². The summed E-state index contributed by atoms with van der Waals surface area (Å²) < 4.78 is 2.07. The van der Waals surface area contributed by atoms with Crippen LogP contribution in [0.3, 0.4) is 0 Å². The van der Waals surface area contributed by atoms with Crippen LogP contribution in [0, 0.1) is 0 Å². The molecule has 0 spiro atoms. The molecule has 2 nitrogen and oxygen atoms in total. The van der Waals surface area contributed by atoms with E-state index in [-0.39, 0.29) is 0 Å². The van der Waals surface area contributed by atoms with Gasteiger partial charge in [-0.15, -0.1) is 0 Å². The number of hydrogen-bond acceptors (Lipinski definition) is 1. The highest BCUT2D eigenvalue weighted by atomic mass is 15.0. The van der Waals surface area contributed by atoms with Gasteiger partial charge in [-0.25, -0.2) is 4.98 Å². The molecule has 0 atom stereocenters. The monoisotopic (exact) mass is 358 g/mol. The number of fused-ring (bicyclic) bond motifs is 6. The largest absolute Gasteiger partial charge is 0.334 e. The first-order valence-electron chi connectivity index (χ1n) is 9.54. The van der Waals surface area contributed by atoms with Gasteiger partial charge in [0.2, 0.25) is 0 Å². The van der Waals surface area contributed by atoms with E-state index in [9.17, 15) is 0 Å². The molecule has 6 aromatic rings. The van der Waals surface area contributed by atoms with Crippen LogP contribution in [0.4, 0.5) is 0 Å². The van der Waals surface area contributed by atoms with Crippen molar-refractivity contribution in [1.82, 2.24) is 9.55 Å². The molecule has 0 aliphatic heterocycles. The summed E-state index contributed by atoms with van der Waals surface area (Å²) in [6.45, 7) is 0. The zero-order valence-corrected chi connectivity index (χ0v) is 15.6. The predicted octanol–water partition coefficient (Wildman–Crippen LogP) is 6.70. The maximum atomic E-state index is 4.42. The summed E-state index contributed by atoms with van der Waals surface area (Å²) in [6.07, 6.45) is 1.87. The second-order valence-corrected chi connectivity index (χ2v) is 7.44. The minimum absolute atomic E-state index is 1.03. The SMILES string of the molecule is Cn1cnc2ccc(-c3ccc4c(ccc5c6ccccc6ccc45)c3)cc21. The topological polar surface area (TPSA) is 17.8 Å². The number of aryl methyl sites for hydroxylation is 1. The Balaban J connectivity index is 1.58. The fourth-order valence-electron chi connectivity index (χ4n) is 4.31. The predicted molar refractivity (Wildman–Crippen MR) is 119 cm³/mol. The third kappa shape index (κ3) is 2.18. The fourth-order valence-corrected chi connectivity index (χ4v) is 4.31. The Bertz CT molecular complexity index is 1520.